The van der Waals surface area contributed by atoms with Gasteiger partial charge in [-0.3, -0.25) is 0 Å². The Labute approximate surface area is 127 Å². The van der Waals surface area contributed by atoms with E-state index in [0.717, 1.165) is 28.0 Å². The lowest BCUT2D eigenvalue weighted by molar-refractivity contribution is 0.410. The van der Waals surface area contributed by atoms with Gasteiger partial charge in [-0.15, -0.1) is 0 Å². The molecule has 0 aliphatic carbocycles. The number of rotatable bonds is 4. The predicted octanol–water partition coefficient (Wildman–Crippen LogP) is 3.90. The fraction of sp³-hybridized carbons (Fsp3) is 0.125. The molecule has 1 aromatic heterocycles. The van der Waals surface area contributed by atoms with Crippen LogP contribution < -0.4 is 10.1 Å². The van der Waals surface area contributed by atoms with Crippen LogP contribution in [0.3, 0.4) is 0 Å². The number of hydrogen-bond acceptors (Lipinski definition) is 4. The lowest BCUT2D eigenvalue weighted by Gasteiger charge is -2.11. The normalized spacial score (nSPS) is 10.6. The molecule has 3 rings (SSSR count). The zero-order valence-corrected chi connectivity index (χ0v) is 12.3. The van der Waals surface area contributed by atoms with E-state index in [1.807, 2.05) is 48.5 Å². The van der Waals surface area contributed by atoms with Gasteiger partial charge in [-0.05, 0) is 29.8 Å². The molecule has 0 radical (unpaired) electrons. The largest absolute Gasteiger partial charge is 0.496 e. The number of nitrogens with zero attached hydrogens (tertiary/aromatic N) is 2. The molecule has 0 aliphatic heterocycles. The summed E-state index contributed by atoms with van der Waals surface area (Å²) in [5.74, 6) is 1.56. The second-order valence-corrected chi connectivity index (χ2v) is 4.86. The van der Waals surface area contributed by atoms with Gasteiger partial charge in [0.15, 0.2) is 0 Å². The number of anilines is 1. The van der Waals surface area contributed by atoms with Crippen molar-refractivity contribution in [3.8, 4) is 5.75 Å². The van der Waals surface area contributed by atoms with E-state index in [0.29, 0.717) is 6.54 Å². The minimum atomic E-state index is 0.233. The van der Waals surface area contributed by atoms with Crippen LogP contribution >= 0.6 is 11.6 Å². The number of ether oxygens (including phenoxy) is 1. The zero-order valence-electron chi connectivity index (χ0n) is 11.5. The first-order valence-electron chi connectivity index (χ1n) is 6.56. The van der Waals surface area contributed by atoms with E-state index in [1.165, 1.54) is 0 Å². The third-order valence-corrected chi connectivity index (χ3v) is 3.38. The van der Waals surface area contributed by atoms with Gasteiger partial charge in [0.05, 0.1) is 12.6 Å². The Hall–Kier alpha value is -2.33. The fourth-order valence-corrected chi connectivity index (χ4v) is 2.39. The van der Waals surface area contributed by atoms with Crippen LogP contribution in [0, 0.1) is 0 Å². The molecular weight excluding hydrogens is 286 g/mol. The highest BCUT2D eigenvalue weighted by Gasteiger charge is 2.07. The van der Waals surface area contributed by atoms with Crippen LogP contribution in [0.15, 0.2) is 48.5 Å². The third kappa shape index (κ3) is 2.90. The van der Waals surface area contributed by atoms with E-state index in [9.17, 15) is 0 Å². The van der Waals surface area contributed by atoms with Crippen LogP contribution in [-0.4, -0.2) is 17.1 Å². The summed E-state index contributed by atoms with van der Waals surface area (Å²) in [6, 6.07) is 15.6. The van der Waals surface area contributed by atoms with Crippen LogP contribution in [0.1, 0.15) is 5.56 Å². The van der Waals surface area contributed by atoms with Gasteiger partial charge in [0.25, 0.3) is 0 Å². The van der Waals surface area contributed by atoms with Crippen LogP contribution in [0.2, 0.25) is 5.28 Å². The molecule has 3 aromatic rings. The van der Waals surface area contributed by atoms with Crippen molar-refractivity contribution in [2.75, 3.05) is 12.4 Å². The Bertz CT molecular complexity index is 776. The minimum absolute atomic E-state index is 0.233. The monoisotopic (exact) mass is 299 g/mol. The first-order chi connectivity index (χ1) is 10.3. The van der Waals surface area contributed by atoms with Gasteiger partial charge in [0.2, 0.25) is 5.28 Å². The Morgan fingerprint density at radius 2 is 1.81 bits per heavy atom. The number of benzene rings is 2. The number of nitrogens with one attached hydrogen (secondary N) is 1. The molecule has 0 spiro atoms. The van der Waals surface area contributed by atoms with Crippen LogP contribution in [-0.2, 0) is 6.54 Å². The lowest BCUT2D eigenvalue weighted by Crippen LogP contribution is -2.04. The second kappa shape index (κ2) is 5.97. The van der Waals surface area contributed by atoms with Crippen LogP contribution in [0.25, 0.3) is 10.9 Å². The Morgan fingerprint density at radius 3 is 2.67 bits per heavy atom. The molecule has 5 heteroatoms. The van der Waals surface area contributed by atoms with Crippen molar-refractivity contribution in [2.45, 2.75) is 6.54 Å². The third-order valence-electron chi connectivity index (χ3n) is 3.21. The molecule has 1 heterocycles. The van der Waals surface area contributed by atoms with E-state index < -0.39 is 0 Å². The van der Waals surface area contributed by atoms with Crippen molar-refractivity contribution in [2.24, 2.45) is 0 Å². The summed E-state index contributed by atoms with van der Waals surface area (Å²) in [4.78, 5) is 8.49. The van der Waals surface area contributed by atoms with Gasteiger partial charge in [-0.1, -0.05) is 30.3 Å². The van der Waals surface area contributed by atoms with Crippen molar-refractivity contribution in [3.05, 3.63) is 59.4 Å². The Balaban J connectivity index is 1.92. The first-order valence-corrected chi connectivity index (χ1v) is 6.94. The quantitative estimate of drug-likeness (QED) is 0.742. The Kier molecular flexibility index (Phi) is 3.88. The molecular formula is C16H14ClN3O. The van der Waals surface area contributed by atoms with Gasteiger partial charge < -0.3 is 10.1 Å². The summed E-state index contributed by atoms with van der Waals surface area (Å²) in [5.41, 5.74) is 1.87. The molecule has 0 saturated heterocycles. The maximum atomic E-state index is 5.98. The molecule has 106 valence electrons. The summed E-state index contributed by atoms with van der Waals surface area (Å²) >= 11 is 5.98. The van der Waals surface area contributed by atoms with Crippen molar-refractivity contribution in [3.63, 3.8) is 0 Å². The van der Waals surface area contributed by atoms with E-state index in [-0.39, 0.29) is 5.28 Å². The number of methoxy groups -OCH3 is 1. The molecule has 0 fully saturated rings. The van der Waals surface area contributed by atoms with Crippen molar-refractivity contribution in [1.29, 1.82) is 0 Å². The SMILES string of the molecule is COc1ccccc1CNc1nc(Cl)nc2ccccc12. The summed E-state index contributed by atoms with van der Waals surface area (Å²) in [6.45, 7) is 0.599. The molecule has 1 N–H and O–H groups in total. The molecule has 21 heavy (non-hydrogen) atoms. The van der Waals surface area contributed by atoms with Crippen molar-refractivity contribution in [1.82, 2.24) is 9.97 Å². The highest BCUT2D eigenvalue weighted by molar-refractivity contribution is 6.28. The highest BCUT2D eigenvalue weighted by Crippen LogP contribution is 2.24. The smallest absolute Gasteiger partial charge is 0.224 e. The number of para-hydroxylation sites is 2. The number of halogens is 1. The van der Waals surface area contributed by atoms with Gasteiger partial charge in [0, 0.05) is 17.5 Å². The summed E-state index contributed by atoms with van der Waals surface area (Å²) < 4.78 is 5.35. The van der Waals surface area contributed by atoms with Crippen molar-refractivity contribution < 1.29 is 4.74 Å². The fourth-order valence-electron chi connectivity index (χ4n) is 2.21. The molecule has 0 saturated carbocycles. The second-order valence-electron chi connectivity index (χ2n) is 4.52. The molecule has 0 bridgehead atoms. The van der Waals surface area contributed by atoms with Gasteiger partial charge in [0.1, 0.15) is 11.6 Å². The number of hydrogen-bond donors (Lipinski definition) is 1. The summed E-state index contributed by atoms with van der Waals surface area (Å²) in [7, 11) is 1.66. The minimum Gasteiger partial charge on any atom is -0.496 e. The molecule has 4 nitrogen and oxygen atoms in total. The standard InChI is InChI=1S/C16H14ClN3O/c1-21-14-9-5-2-6-11(14)10-18-15-12-7-3-4-8-13(12)19-16(17)20-15/h2-9H,10H2,1H3,(H,18,19,20). The van der Waals surface area contributed by atoms with Gasteiger partial charge >= 0.3 is 0 Å². The number of aromatic nitrogens is 2. The Morgan fingerprint density at radius 1 is 1.05 bits per heavy atom. The van der Waals surface area contributed by atoms with Crippen LogP contribution in [0.5, 0.6) is 5.75 Å². The average Bonchev–Trinajstić information content (AvgIpc) is 2.52. The topological polar surface area (TPSA) is 47.0 Å². The highest BCUT2D eigenvalue weighted by atomic mass is 35.5. The average molecular weight is 300 g/mol. The van der Waals surface area contributed by atoms with Crippen LogP contribution in [0.4, 0.5) is 5.82 Å². The van der Waals surface area contributed by atoms with E-state index in [1.54, 1.807) is 7.11 Å². The summed E-state index contributed by atoms with van der Waals surface area (Å²) in [5, 5.41) is 4.48. The maximum absolute atomic E-state index is 5.98. The molecule has 0 amide bonds. The molecule has 0 atom stereocenters. The first kappa shape index (κ1) is 13.6. The van der Waals surface area contributed by atoms with E-state index >= 15 is 0 Å². The van der Waals surface area contributed by atoms with E-state index in [2.05, 4.69) is 15.3 Å². The number of fused-ring (bicyclic) bond motifs is 1. The molecule has 0 unspecified atom stereocenters. The van der Waals surface area contributed by atoms with Gasteiger partial charge in [-0.2, -0.15) is 0 Å². The zero-order chi connectivity index (χ0) is 14.7. The van der Waals surface area contributed by atoms with Crippen molar-refractivity contribution >= 4 is 28.3 Å². The molecule has 0 aliphatic rings. The summed E-state index contributed by atoms with van der Waals surface area (Å²) in [6.07, 6.45) is 0. The predicted molar refractivity (Wildman–Crippen MR) is 84.9 cm³/mol. The lowest BCUT2D eigenvalue weighted by atomic mass is 10.2. The maximum Gasteiger partial charge on any atom is 0.224 e. The molecule has 2 aromatic carbocycles. The van der Waals surface area contributed by atoms with Gasteiger partial charge in [-0.25, -0.2) is 9.97 Å². The van der Waals surface area contributed by atoms with E-state index in [4.69, 9.17) is 16.3 Å².